The molecule has 0 spiro atoms. The summed E-state index contributed by atoms with van der Waals surface area (Å²) >= 11 is 3.36. The number of nitrogens with two attached hydrogens (primary N) is 2. The van der Waals surface area contributed by atoms with E-state index < -0.39 is 0 Å². The van der Waals surface area contributed by atoms with Crippen LogP contribution < -0.4 is 11.5 Å². The molecule has 0 saturated carbocycles. The van der Waals surface area contributed by atoms with E-state index in [4.69, 9.17) is 16.2 Å². The molecule has 0 unspecified atom stereocenters. The number of ether oxygens (including phenoxy) is 1. The van der Waals surface area contributed by atoms with E-state index in [-0.39, 0.29) is 0 Å². The Morgan fingerprint density at radius 3 is 2.69 bits per heavy atom. The Balaban J connectivity index is 2.92. The monoisotopic (exact) mass is 244 g/mol. The van der Waals surface area contributed by atoms with E-state index in [0.717, 1.165) is 16.5 Å². The lowest BCUT2D eigenvalue weighted by atomic mass is 10.1. The van der Waals surface area contributed by atoms with E-state index in [1.165, 1.54) is 0 Å². The van der Waals surface area contributed by atoms with Crippen LogP contribution in [0.15, 0.2) is 16.6 Å². The van der Waals surface area contributed by atoms with Gasteiger partial charge in [0, 0.05) is 11.6 Å². The first kappa shape index (κ1) is 10.3. The molecular weight excluding hydrogens is 232 g/mol. The van der Waals surface area contributed by atoms with Gasteiger partial charge in [0.1, 0.15) is 0 Å². The molecule has 0 aliphatic carbocycles. The number of halogens is 1. The molecule has 1 aromatic carbocycles. The lowest BCUT2D eigenvalue weighted by molar-refractivity contribution is 0.202. The summed E-state index contributed by atoms with van der Waals surface area (Å²) in [4.78, 5) is 0. The van der Waals surface area contributed by atoms with Crippen LogP contribution in [-0.2, 0) is 11.2 Å². The van der Waals surface area contributed by atoms with E-state index in [2.05, 4.69) is 15.9 Å². The summed E-state index contributed by atoms with van der Waals surface area (Å²) < 4.78 is 5.92. The molecule has 4 N–H and O–H groups in total. The number of hydrogen-bond donors (Lipinski definition) is 2. The summed E-state index contributed by atoms with van der Waals surface area (Å²) in [5, 5.41) is 0. The summed E-state index contributed by atoms with van der Waals surface area (Å²) in [5.74, 6) is 0. The van der Waals surface area contributed by atoms with Crippen molar-refractivity contribution in [2.75, 3.05) is 25.2 Å². The van der Waals surface area contributed by atoms with E-state index in [9.17, 15) is 0 Å². The third-order valence-corrected chi connectivity index (χ3v) is 2.30. The van der Waals surface area contributed by atoms with Crippen LogP contribution in [0.25, 0.3) is 0 Å². The maximum absolute atomic E-state index is 5.79. The van der Waals surface area contributed by atoms with Crippen LogP contribution in [0.2, 0.25) is 0 Å². The largest absolute Gasteiger partial charge is 0.397 e. The Kier molecular flexibility index (Phi) is 3.57. The molecule has 72 valence electrons. The number of anilines is 2. The molecule has 1 rings (SSSR count). The highest BCUT2D eigenvalue weighted by Crippen LogP contribution is 2.25. The van der Waals surface area contributed by atoms with Gasteiger partial charge in [-0.25, -0.2) is 0 Å². The van der Waals surface area contributed by atoms with Crippen molar-refractivity contribution >= 4 is 27.3 Å². The van der Waals surface area contributed by atoms with E-state index in [0.29, 0.717) is 18.0 Å². The first-order valence-corrected chi connectivity index (χ1v) is 4.76. The third kappa shape index (κ3) is 2.60. The fourth-order valence-corrected chi connectivity index (χ4v) is 1.64. The van der Waals surface area contributed by atoms with Gasteiger partial charge in [-0.2, -0.15) is 0 Å². The predicted molar refractivity (Wildman–Crippen MR) is 58.5 cm³/mol. The molecule has 0 bridgehead atoms. The van der Waals surface area contributed by atoms with E-state index in [1.54, 1.807) is 13.2 Å². The van der Waals surface area contributed by atoms with Crippen molar-refractivity contribution in [2.24, 2.45) is 0 Å². The van der Waals surface area contributed by atoms with Crippen LogP contribution in [0.4, 0.5) is 11.4 Å². The maximum Gasteiger partial charge on any atom is 0.0581 e. The van der Waals surface area contributed by atoms with Crippen LogP contribution in [-0.4, -0.2) is 13.7 Å². The van der Waals surface area contributed by atoms with Crippen LogP contribution in [0.5, 0.6) is 0 Å². The average Bonchev–Trinajstić information content (AvgIpc) is 2.09. The molecular formula is C9H13BrN2O. The summed E-state index contributed by atoms with van der Waals surface area (Å²) in [6, 6.07) is 3.76. The number of methoxy groups -OCH3 is 1. The Hall–Kier alpha value is -0.740. The maximum atomic E-state index is 5.79. The van der Waals surface area contributed by atoms with Gasteiger partial charge < -0.3 is 16.2 Å². The van der Waals surface area contributed by atoms with Crippen LogP contribution >= 0.6 is 15.9 Å². The van der Waals surface area contributed by atoms with Crippen molar-refractivity contribution in [3.05, 3.63) is 22.2 Å². The summed E-state index contributed by atoms with van der Waals surface area (Å²) in [7, 11) is 1.66. The minimum Gasteiger partial charge on any atom is -0.397 e. The molecule has 0 aliphatic rings. The normalized spacial score (nSPS) is 10.3. The highest BCUT2D eigenvalue weighted by atomic mass is 79.9. The second-order valence-electron chi connectivity index (χ2n) is 2.81. The molecule has 0 amide bonds. The zero-order chi connectivity index (χ0) is 9.84. The smallest absolute Gasteiger partial charge is 0.0581 e. The van der Waals surface area contributed by atoms with E-state index >= 15 is 0 Å². The average molecular weight is 245 g/mol. The summed E-state index contributed by atoms with van der Waals surface area (Å²) in [6.45, 7) is 0.653. The molecule has 0 radical (unpaired) electrons. The minimum absolute atomic E-state index is 0.612. The molecule has 3 nitrogen and oxygen atoms in total. The lowest BCUT2D eigenvalue weighted by Gasteiger charge is -2.08. The predicted octanol–water partition coefficient (Wildman–Crippen LogP) is 1.80. The van der Waals surface area contributed by atoms with Crippen molar-refractivity contribution in [1.29, 1.82) is 0 Å². The van der Waals surface area contributed by atoms with Gasteiger partial charge in [-0.1, -0.05) is 15.9 Å². The topological polar surface area (TPSA) is 61.3 Å². The number of benzene rings is 1. The summed E-state index contributed by atoms with van der Waals surface area (Å²) in [6.07, 6.45) is 0.784. The van der Waals surface area contributed by atoms with Gasteiger partial charge in [0.15, 0.2) is 0 Å². The second-order valence-corrected chi connectivity index (χ2v) is 3.73. The van der Waals surface area contributed by atoms with Gasteiger partial charge in [-0.05, 0) is 24.1 Å². The standard InChI is InChI=1S/C9H13BrN2O/c1-13-3-2-6-4-7(10)5-8(11)9(6)12/h4-5H,2-3,11-12H2,1H3. The Labute approximate surface area is 86.2 Å². The zero-order valence-electron chi connectivity index (χ0n) is 7.51. The highest BCUT2D eigenvalue weighted by Gasteiger charge is 2.04. The number of rotatable bonds is 3. The van der Waals surface area contributed by atoms with Crippen LogP contribution in [0.3, 0.4) is 0 Å². The van der Waals surface area contributed by atoms with Gasteiger partial charge in [0.2, 0.25) is 0 Å². The molecule has 0 heterocycles. The number of nitrogen functional groups attached to an aromatic ring is 2. The van der Waals surface area contributed by atoms with Crippen molar-refractivity contribution in [1.82, 2.24) is 0 Å². The molecule has 0 saturated heterocycles. The first-order chi connectivity index (χ1) is 6.15. The molecule has 0 aliphatic heterocycles. The summed E-state index contributed by atoms with van der Waals surface area (Å²) in [5.41, 5.74) is 13.8. The lowest BCUT2D eigenvalue weighted by Crippen LogP contribution is -2.03. The second kappa shape index (κ2) is 4.48. The van der Waals surface area contributed by atoms with Gasteiger partial charge in [0.05, 0.1) is 18.0 Å². The van der Waals surface area contributed by atoms with E-state index in [1.807, 2.05) is 6.07 Å². The molecule has 0 atom stereocenters. The number of hydrogen-bond acceptors (Lipinski definition) is 3. The van der Waals surface area contributed by atoms with Crippen molar-refractivity contribution < 1.29 is 4.74 Å². The molecule has 4 heteroatoms. The fraction of sp³-hybridized carbons (Fsp3) is 0.333. The van der Waals surface area contributed by atoms with Gasteiger partial charge in [-0.3, -0.25) is 0 Å². The minimum atomic E-state index is 0.612. The van der Waals surface area contributed by atoms with Crippen molar-refractivity contribution in [3.63, 3.8) is 0 Å². The Bertz CT molecular complexity index is 302. The van der Waals surface area contributed by atoms with Crippen LogP contribution in [0, 0.1) is 0 Å². The van der Waals surface area contributed by atoms with Gasteiger partial charge in [0.25, 0.3) is 0 Å². The van der Waals surface area contributed by atoms with Gasteiger partial charge >= 0.3 is 0 Å². The molecule has 1 aromatic rings. The molecule has 13 heavy (non-hydrogen) atoms. The van der Waals surface area contributed by atoms with Crippen molar-refractivity contribution in [3.8, 4) is 0 Å². The molecule has 0 fully saturated rings. The highest BCUT2D eigenvalue weighted by molar-refractivity contribution is 9.10. The quantitative estimate of drug-likeness (QED) is 0.798. The SMILES string of the molecule is COCCc1cc(Br)cc(N)c1N. The Morgan fingerprint density at radius 1 is 1.38 bits per heavy atom. The first-order valence-electron chi connectivity index (χ1n) is 3.97. The van der Waals surface area contributed by atoms with Crippen molar-refractivity contribution in [2.45, 2.75) is 6.42 Å². The fourth-order valence-electron chi connectivity index (χ4n) is 1.12. The zero-order valence-corrected chi connectivity index (χ0v) is 9.10. The van der Waals surface area contributed by atoms with Gasteiger partial charge in [-0.15, -0.1) is 0 Å². The Morgan fingerprint density at radius 2 is 2.08 bits per heavy atom. The third-order valence-electron chi connectivity index (χ3n) is 1.84. The van der Waals surface area contributed by atoms with Crippen LogP contribution in [0.1, 0.15) is 5.56 Å². The molecule has 0 aromatic heterocycles.